The molecule has 2 amide bonds. The molecule has 0 spiro atoms. The number of primary amides is 1. The SMILES string of the molecule is CCOC(=O)C[C@H](c1ccc([N+](=O)[O-])cc1)[C@@H](NC(=O)c1cccc(Br)c1)C(N)=O. The highest BCUT2D eigenvalue weighted by Crippen LogP contribution is 2.27. The van der Waals surface area contributed by atoms with Gasteiger partial charge in [0.05, 0.1) is 18.0 Å². The molecule has 9 nitrogen and oxygen atoms in total. The van der Waals surface area contributed by atoms with Gasteiger partial charge in [0, 0.05) is 28.1 Å². The smallest absolute Gasteiger partial charge is 0.306 e. The number of amides is 2. The first kappa shape index (κ1) is 23.0. The van der Waals surface area contributed by atoms with Crippen LogP contribution in [0.3, 0.4) is 0 Å². The number of benzene rings is 2. The molecule has 2 atom stereocenters. The number of non-ortho nitro benzene ring substituents is 1. The van der Waals surface area contributed by atoms with Gasteiger partial charge >= 0.3 is 5.97 Å². The van der Waals surface area contributed by atoms with Gasteiger partial charge in [-0.15, -0.1) is 0 Å². The number of hydrogen-bond acceptors (Lipinski definition) is 6. The van der Waals surface area contributed by atoms with E-state index in [1.807, 2.05) is 0 Å². The fraction of sp³-hybridized carbons (Fsp3) is 0.250. The lowest BCUT2D eigenvalue weighted by Crippen LogP contribution is -2.48. The van der Waals surface area contributed by atoms with Gasteiger partial charge in [-0.25, -0.2) is 0 Å². The maximum absolute atomic E-state index is 12.7. The van der Waals surface area contributed by atoms with Crippen LogP contribution in [0.1, 0.15) is 35.2 Å². The lowest BCUT2D eigenvalue weighted by Gasteiger charge is -2.25. The Hall–Kier alpha value is -3.27. The van der Waals surface area contributed by atoms with E-state index in [1.165, 1.54) is 24.3 Å². The van der Waals surface area contributed by atoms with Gasteiger partial charge in [0.15, 0.2) is 0 Å². The predicted octanol–water partition coefficient (Wildman–Crippen LogP) is 2.68. The Bertz CT molecular complexity index is 948. The van der Waals surface area contributed by atoms with Crippen LogP contribution < -0.4 is 11.1 Å². The Labute approximate surface area is 180 Å². The standard InChI is InChI=1S/C20H20BrN3O6/c1-2-30-17(25)11-16(12-6-8-15(9-7-12)24(28)29)18(19(22)26)23-20(27)13-4-3-5-14(21)10-13/h3-10,16,18H,2,11H2,1H3,(H2,22,26)(H,23,27)/t16-,18-/m1/s1. The van der Waals surface area contributed by atoms with Gasteiger partial charge in [0.2, 0.25) is 5.91 Å². The van der Waals surface area contributed by atoms with E-state index in [0.29, 0.717) is 10.0 Å². The number of nitrogens with two attached hydrogens (primary N) is 1. The van der Waals surface area contributed by atoms with E-state index in [9.17, 15) is 24.5 Å². The number of nitrogens with one attached hydrogen (secondary N) is 1. The zero-order chi connectivity index (χ0) is 22.3. The van der Waals surface area contributed by atoms with Crippen LogP contribution in [0.5, 0.6) is 0 Å². The molecule has 0 unspecified atom stereocenters. The second-order valence-electron chi connectivity index (χ2n) is 6.33. The lowest BCUT2D eigenvalue weighted by atomic mass is 9.87. The average Bonchev–Trinajstić information content (AvgIpc) is 2.70. The van der Waals surface area contributed by atoms with Crippen molar-refractivity contribution in [2.75, 3.05) is 6.61 Å². The molecular weight excluding hydrogens is 458 g/mol. The van der Waals surface area contributed by atoms with Crippen LogP contribution in [0.25, 0.3) is 0 Å². The van der Waals surface area contributed by atoms with Crippen LogP contribution in [0.2, 0.25) is 0 Å². The minimum atomic E-state index is -1.25. The lowest BCUT2D eigenvalue weighted by molar-refractivity contribution is -0.384. The quantitative estimate of drug-likeness (QED) is 0.323. The molecule has 10 heteroatoms. The number of esters is 1. The van der Waals surface area contributed by atoms with E-state index in [0.717, 1.165) is 0 Å². The van der Waals surface area contributed by atoms with Crippen molar-refractivity contribution in [3.8, 4) is 0 Å². The first-order valence-corrected chi connectivity index (χ1v) is 9.78. The zero-order valence-electron chi connectivity index (χ0n) is 16.0. The largest absolute Gasteiger partial charge is 0.466 e. The van der Waals surface area contributed by atoms with E-state index < -0.39 is 34.7 Å². The number of nitro groups is 1. The highest BCUT2D eigenvalue weighted by molar-refractivity contribution is 9.10. The zero-order valence-corrected chi connectivity index (χ0v) is 17.6. The van der Waals surface area contributed by atoms with Crippen LogP contribution >= 0.6 is 15.9 Å². The number of nitrogens with zero attached hydrogens (tertiary/aromatic N) is 1. The van der Waals surface area contributed by atoms with E-state index >= 15 is 0 Å². The van der Waals surface area contributed by atoms with Crippen LogP contribution in [-0.4, -0.2) is 35.4 Å². The van der Waals surface area contributed by atoms with Gasteiger partial charge in [-0.3, -0.25) is 24.5 Å². The van der Waals surface area contributed by atoms with Crippen molar-refractivity contribution in [2.24, 2.45) is 5.73 Å². The minimum Gasteiger partial charge on any atom is -0.466 e. The van der Waals surface area contributed by atoms with Gasteiger partial charge in [-0.05, 0) is 30.7 Å². The van der Waals surface area contributed by atoms with E-state index in [1.54, 1.807) is 31.2 Å². The molecule has 2 rings (SSSR count). The fourth-order valence-corrected chi connectivity index (χ4v) is 3.29. The van der Waals surface area contributed by atoms with Crippen LogP contribution in [0.4, 0.5) is 5.69 Å². The topological polar surface area (TPSA) is 142 Å². The third kappa shape index (κ3) is 6.11. The molecule has 2 aromatic carbocycles. The number of nitro benzene ring substituents is 1. The molecule has 0 aromatic heterocycles. The third-order valence-corrected chi connectivity index (χ3v) is 4.80. The molecule has 0 bridgehead atoms. The molecule has 30 heavy (non-hydrogen) atoms. The first-order chi connectivity index (χ1) is 14.2. The van der Waals surface area contributed by atoms with E-state index in [4.69, 9.17) is 10.5 Å². The molecule has 0 aliphatic carbocycles. The molecule has 0 fully saturated rings. The summed E-state index contributed by atoms with van der Waals surface area (Å²) in [5, 5.41) is 13.5. The highest BCUT2D eigenvalue weighted by atomic mass is 79.9. The summed E-state index contributed by atoms with van der Waals surface area (Å²) in [4.78, 5) is 47.3. The van der Waals surface area contributed by atoms with Gasteiger partial charge < -0.3 is 15.8 Å². The number of carbonyl (C=O) groups is 3. The van der Waals surface area contributed by atoms with Crippen molar-refractivity contribution in [1.29, 1.82) is 0 Å². The maximum atomic E-state index is 12.7. The fourth-order valence-electron chi connectivity index (χ4n) is 2.90. The Morgan fingerprint density at radius 1 is 1.20 bits per heavy atom. The Morgan fingerprint density at radius 3 is 2.40 bits per heavy atom. The molecule has 0 saturated carbocycles. The van der Waals surface area contributed by atoms with Crippen LogP contribution in [0, 0.1) is 10.1 Å². The molecule has 158 valence electrons. The molecule has 0 aliphatic heterocycles. The molecule has 0 radical (unpaired) electrons. The van der Waals surface area contributed by atoms with Crippen molar-refractivity contribution in [1.82, 2.24) is 5.32 Å². The molecular formula is C20H20BrN3O6. The molecule has 0 heterocycles. The van der Waals surface area contributed by atoms with E-state index in [-0.39, 0.29) is 24.3 Å². The summed E-state index contributed by atoms with van der Waals surface area (Å²) in [6, 6.07) is 10.6. The summed E-state index contributed by atoms with van der Waals surface area (Å²) >= 11 is 3.27. The number of carbonyl (C=O) groups excluding carboxylic acids is 3. The summed E-state index contributed by atoms with van der Waals surface area (Å²) in [6.07, 6.45) is -0.252. The number of halogens is 1. The predicted molar refractivity (Wildman–Crippen MR) is 112 cm³/mol. The number of rotatable bonds is 9. The van der Waals surface area contributed by atoms with Crippen molar-refractivity contribution in [3.05, 3.63) is 74.2 Å². The Morgan fingerprint density at radius 2 is 1.87 bits per heavy atom. The van der Waals surface area contributed by atoms with Crippen molar-refractivity contribution < 1.29 is 24.0 Å². The van der Waals surface area contributed by atoms with Crippen LogP contribution in [-0.2, 0) is 14.3 Å². The first-order valence-electron chi connectivity index (χ1n) is 8.98. The third-order valence-electron chi connectivity index (χ3n) is 4.31. The van der Waals surface area contributed by atoms with Gasteiger partial charge in [0.1, 0.15) is 6.04 Å². The number of hydrogen-bond donors (Lipinski definition) is 2. The maximum Gasteiger partial charge on any atom is 0.306 e. The summed E-state index contributed by atoms with van der Waals surface area (Å²) in [5.41, 5.74) is 6.09. The van der Waals surface area contributed by atoms with Gasteiger partial charge in [-0.2, -0.15) is 0 Å². The van der Waals surface area contributed by atoms with Crippen molar-refractivity contribution >= 4 is 39.4 Å². The minimum absolute atomic E-state index is 0.136. The summed E-state index contributed by atoms with van der Waals surface area (Å²) in [7, 11) is 0. The average molecular weight is 478 g/mol. The molecule has 2 aromatic rings. The van der Waals surface area contributed by atoms with Gasteiger partial charge in [0.25, 0.3) is 11.6 Å². The monoisotopic (exact) mass is 477 g/mol. The highest BCUT2D eigenvalue weighted by Gasteiger charge is 2.32. The molecule has 0 aliphatic rings. The van der Waals surface area contributed by atoms with Crippen molar-refractivity contribution in [2.45, 2.75) is 25.3 Å². The van der Waals surface area contributed by atoms with Crippen molar-refractivity contribution in [3.63, 3.8) is 0 Å². The summed E-state index contributed by atoms with van der Waals surface area (Å²) in [5.74, 6) is -2.89. The molecule has 0 saturated heterocycles. The normalized spacial score (nSPS) is 12.5. The Kier molecular flexibility index (Phi) is 8.05. The summed E-state index contributed by atoms with van der Waals surface area (Å²) < 4.78 is 5.64. The van der Waals surface area contributed by atoms with E-state index in [2.05, 4.69) is 21.2 Å². The Balaban J connectivity index is 2.38. The van der Waals surface area contributed by atoms with Crippen LogP contribution in [0.15, 0.2) is 53.0 Å². The summed E-state index contributed by atoms with van der Waals surface area (Å²) in [6.45, 7) is 1.77. The van der Waals surface area contributed by atoms with Gasteiger partial charge in [-0.1, -0.05) is 34.1 Å². The second kappa shape index (κ2) is 10.5. The second-order valence-corrected chi connectivity index (χ2v) is 7.24. The molecule has 3 N–H and O–H groups in total. The number of ether oxygens (including phenoxy) is 1.